The molecule has 0 spiro atoms. The summed E-state index contributed by atoms with van der Waals surface area (Å²) in [7, 11) is 0. The van der Waals surface area contributed by atoms with Gasteiger partial charge in [0.2, 0.25) is 5.91 Å². The van der Waals surface area contributed by atoms with Crippen LogP contribution in [0.5, 0.6) is 5.75 Å². The molecule has 0 aliphatic rings. The number of benzene rings is 1. The number of fused-ring (bicyclic) bond motifs is 1. The molecule has 2 N–H and O–H groups in total. The van der Waals surface area contributed by atoms with Crippen molar-refractivity contribution in [2.24, 2.45) is 0 Å². The van der Waals surface area contributed by atoms with Crippen molar-refractivity contribution in [3.8, 4) is 17.0 Å². The van der Waals surface area contributed by atoms with Gasteiger partial charge < -0.3 is 15.4 Å². The molecule has 0 bridgehead atoms. The Morgan fingerprint density at radius 1 is 1.14 bits per heavy atom. The van der Waals surface area contributed by atoms with E-state index in [2.05, 4.69) is 30.4 Å². The lowest BCUT2D eigenvalue weighted by Gasteiger charge is -2.12. The van der Waals surface area contributed by atoms with Crippen LogP contribution in [0.4, 0.5) is 23.4 Å². The van der Waals surface area contributed by atoms with Crippen molar-refractivity contribution in [1.82, 2.24) is 24.9 Å². The number of aromatic nitrogens is 4. The minimum Gasteiger partial charge on any atom is -0.406 e. The molecule has 0 aliphatic heterocycles. The first-order valence-electron chi connectivity index (χ1n) is 10.4. The van der Waals surface area contributed by atoms with Crippen LogP contribution in [-0.4, -0.2) is 37.8 Å². The summed E-state index contributed by atoms with van der Waals surface area (Å²) in [6, 6.07) is 7.48. The third kappa shape index (κ3) is 5.92. The van der Waals surface area contributed by atoms with Crippen molar-refractivity contribution in [1.29, 1.82) is 0 Å². The van der Waals surface area contributed by atoms with E-state index in [-0.39, 0.29) is 23.6 Å². The number of aryl methyl sites for hydroxylation is 1. The van der Waals surface area contributed by atoms with E-state index in [9.17, 15) is 27.2 Å². The average Bonchev–Trinajstić information content (AvgIpc) is 3.17. The van der Waals surface area contributed by atoms with E-state index < -0.39 is 23.8 Å². The quantitative estimate of drug-likeness (QED) is 0.386. The molecule has 3 heterocycles. The largest absolute Gasteiger partial charge is 0.573 e. The maximum atomic E-state index is 13.7. The number of nitrogens with zero attached hydrogens (tertiary/aromatic N) is 4. The number of carbonyl (C=O) groups excluding carboxylic acids is 2. The van der Waals surface area contributed by atoms with Crippen LogP contribution in [-0.2, 0) is 11.3 Å². The Labute approximate surface area is 201 Å². The van der Waals surface area contributed by atoms with Crippen molar-refractivity contribution in [3.05, 3.63) is 71.4 Å². The first-order valence-corrected chi connectivity index (χ1v) is 10.4. The average molecular weight is 502 g/mol. The maximum Gasteiger partial charge on any atom is 0.573 e. The van der Waals surface area contributed by atoms with Gasteiger partial charge in [-0.05, 0) is 42.8 Å². The van der Waals surface area contributed by atoms with E-state index in [0.29, 0.717) is 34.5 Å². The zero-order valence-electron chi connectivity index (χ0n) is 18.9. The SMILES string of the molecule is CC(=O)Nc1cn2nc(-c3cnc(C)c(C(=O)NCc4cc(F)cc(OC(F)(F)F)c4)c3)ccc2n1. The zero-order valence-corrected chi connectivity index (χ0v) is 18.9. The lowest BCUT2D eigenvalue weighted by atomic mass is 10.1. The highest BCUT2D eigenvalue weighted by molar-refractivity contribution is 5.96. The van der Waals surface area contributed by atoms with Gasteiger partial charge in [-0.1, -0.05) is 0 Å². The molecule has 0 aliphatic carbocycles. The van der Waals surface area contributed by atoms with Gasteiger partial charge in [0, 0.05) is 31.3 Å². The summed E-state index contributed by atoms with van der Waals surface area (Å²) in [5, 5.41) is 9.54. The second-order valence-electron chi connectivity index (χ2n) is 7.71. The number of halogens is 4. The topological polar surface area (TPSA) is 111 Å². The minimum absolute atomic E-state index is 0.0755. The highest BCUT2D eigenvalue weighted by Crippen LogP contribution is 2.25. The van der Waals surface area contributed by atoms with Crippen LogP contribution < -0.4 is 15.4 Å². The second-order valence-corrected chi connectivity index (χ2v) is 7.71. The van der Waals surface area contributed by atoms with Crippen LogP contribution in [0, 0.1) is 12.7 Å². The summed E-state index contributed by atoms with van der Waals surface area (Å²) >= 11 is 0. The number of carbonyl (C=O) groups is 2. The Bertz CT molecular complexity index is 1470. The van der Waals surface area contributed by atoms with Crippen LogP contribution in [0.3, 0.4) is 0 Å². The van der Waals surface area contributed by atoms with Crippen molar-refractivity contribution < 1.29 is 31.9 Å². The van der Waals surface area contributed by atoms with Crippen molar-refractivity contribution in [2.45, 2.75) is 26.8 Å². The molecule has 0 saturated carbocycles. The summed E-state index contributed by atoms with van der Waals surface area (Å²) in [5.41, 5.74) is 2.13. The molecule has 186 valence electrons. The molecule has 36 heavy (non-hydrogen) atoms. The van der Waals surface area contributed by atoms with Crippen molar-refractivity contribution in [2.75, 3.05) is 5.32 Å². The van der Waals surface area contributed by atoms with Gasteiger partial charge in [-0.15, -0.1) is 13.2 Å². The van der Waals surface area contributed by atoms with Gasteiger partial charge in [0.15, 0.2) is 11.5 Å². The lowest BCUT2D eigenvalue weighted by molar-refractivity contribution is -0.274. The number of amides is 2. The number of pyridine rings is 1. The third-order valence-electron chi connectivity index (χ3n) is 4.87. The molecule has 9 nitrogen and oxygen atoms in total. The zero-order chi connectivity index (χ0) is 26.0. The molecule has 2 amide bonds. The van der Waals surface area contributed by atoms with E-state index in [0.717, 1.165) is 12.1 Å². The number of nitrogens with one attached hydrogen (secondary N) is 2. The Kier molecular flexibility index (Phi) is 6.55. The van der Waals surface area contributed by atoms with E-state index in [1.54, 1.807) is 25.1 Å². The lowest BCUT2D eigenvalue weighted by Crippen LogP contribution is -2.24. The van der Waals surface area contributed by atoms with Crippen molar-refractivity contribution in [3.63, 3.8) is 0 Å². The smallest absolute Gasteiger partial charge is 0.406 e. The number of rotatable bonds is 6. The first-order chi connectivity index (χ1) is 17.0. The van der Waals surface area contributed by atoms with Gasteiger partial charge in [0.05, 0.1) is 23.1 Å². The molecule has 0 unspecified atom stereocenters. The van der Waals surface area contributed by atoms with Gasteiger partial charge in [0.1, 0.15) is 11.6 Å². The molecular weight excluding hydrogens is 484 g/mol. The number of anilines is 1. The summed E-state index contributed by atoms with van der Waals surface area (Å²) in [6.45, 7) is 2.72. The van der Waals surface area contributed by atoms with Crippen LogP contribution in [0.25, 0.3) is 16.9 Å². The normalized spacial score (nSPS) is 11.4. The van der Waals surface area contributed by atoms with Gasteiger partial charge >= 0.3 is 6.36 Å². The summed E-state index contributed by atoms with van der Waals surface area (Å²) in [5.74, 6) is -2.19. The maximum absolute atomic E-state index is 13.7. The van der Waals surface area contributed by atoms with E-state index in [4.69, 9.17) is 0 Å². The Morgan fingerprint density at radius 3 is 2.64 bits per heavy atom. The fourth-order valence-electron chi connectivity index (χ4n) is 3.37. The van der Waals surface area contributed by atoms with Gasteiger partial charge in [-0.3, -0.25) is 14.6 Å². The second kappa shape index (κ2) is 9.60. The third-order valence-corrected chi connectivity index (χ3v) is 4.87. The van der Waals surface area contributed by atoms with Crippen molar-refractivity contribution >= 4 is 23.3 Å². The molecule has 0 fully saturated rings. The number of alkyl halides is 3. The predicted octanol–water partition coefficient (Wildman–Crippen LogP) is 4.03. The van der Waals surface area contributed by atoms with Crippen LogP contribution >= 0.6 is 0 Å². The number of imidazole rings is 1. The van der Waals surface area contributed by atoms with Crippen LogP contribution in [0.15, 0.2) is 48.8 Å². The predicted molar refractivity (Wildman–Crippen MR) is 120 cm³/mol. The monoisotopic (exact) mass is 502 g/mol. The van der Waals surface area contributed by atoms with E-state index >= 15 is 0 Å². The molecule has 3 aromatic heterocycles. The Hall–Kier alpha value is -4.55. The number of hydrogen-bond donors (Lipinski definition) is 2. The standard InChI is InChI=1S/C23H18F4N6O3/c1-12-18(22(35)29-9-14-5-16(24)8-17(6-14)36-23(25,26)27)7-15(10-28-12)19-3-4-21-31-20(30-13(2)34)11-33(21)32-19/h3-8,10-11H,9H2,1-2H3,(H,29,35)(H,30,34). The van der Waals surface area contributed by atoms with E-state index in [1.165, 1.54) is 23.8 Å². The highest BCUT2D eigenvalue weighted by atomic mass is 19.4. The molecule has 1 aromatic carbocycles. The number of ether oxygens (including phenoxy) is 1. The highest BCUT2D eigenvalue weighted by Gasteiger charge is 2.31. The molecule has 4 rings (SSSR count). The molecule has 0 saturated heterocycles. The first kappa shape index (κ1) is 24.6. The molecule has 4 aromatic rings. The molecule has 13 heteroatoms. The Morgan fingerprint density at radius 2 is 1.92 bits per heavy atom. The van der Waals surface area contributed by atoms with Crippen LogP contribution in [0.1, 0.15) is 28.5 Å². The molecule has 0 atom stereocenters. The summed E-state index contributed by atoms with van der Waals surface area (Å²) in [6.07, 6.45) is -1.92. The molecular formula is C23H18F4N6O3. The van der Waals surface area contributed by atoms with Crippen LogP contribution in [0.2, 0.25) is 0 Å². The fourth-order valence-corrected chi connectivity index (χ4v) is 3.37. The molecule has 0 radical (unpaired) electrons. The number of hydrogen-bond acceptors (Lipinski definition) is 6. The van der Waals surface area contributed by atoms with Gasteiger partial charge in [-0.2, -0.15) is 5.10 Å². The fraction of sp³-hybridized carbons (Fsp3) is 0.174. The van der Waals surface area contributed by atoms with Gasteiger partial charge in [-0.25, -0.2) is 13.9 Å². The minimum atomic E-state index is -4.98. The van der Waals surface area contributed by atoms with E-state index in [1.807, 2.05) is 0 Å². The summed E-state index contributed by atoms with van der Waals surface area (Å²) in [4.78, 5) is 32.5. The Balaban J connectivity index is 1.53. The summed E-state index contributed by atoms with van der Waals surface area (Å²) < 4.78 is 56.3. The van der Waals surface area contributed by atoms with Gasteiger partial charge in [0.25, 0.3) is 5.91 Å².